The number of hydrogen-bond donors (Lipinski definition) is 0. The third kappa shape index (κ3) is 1.88. The highest BCUT2D eigenvalue weighted by molar-refractivity contribution is 5.97. The van der Waals surface area contributed by atoms with E-state index < -0.39 is 0 Å². The fraction of sp³-hybridized carbons (Fsp3) is 0.286. The van der Waals surface area contributed by atoms with Crippen LogP contribution in [0.1, 0.15) is 41.7 Å². The minimum atomic E-state index is 0.0732. The van der Waals surface area contributed by atoms with Crippen molar-refractivity contribution in [1.82, 2.24) is 9.78 Å². The molecule has 1 aromatic carbocycles. The van der Waals surface area contributed by atoms with Crippen LogP contribution in [-0.4, -0.2) is 15.6 Å². The quantitative estimate of drug-likeness (QED) is 0.754. The molecule has 0 saturated heterocycles. The van der Waals surface area contributed by atoms with Crippen LogP contribution in [0.25, 0.3) is 5.69 Å². The van der Waals surface area contributed by atoms with E-state index in [0.29, 0.717) is 5.92 Å². The zero-order valence-corrected chi connectivity index (χ0v) is 9.76. The largest absolute Gasteiger partial charge is 0.294 e. The van der Waals surface area contributed by atoms with Crippen LogP contribution in [0.5, 0.6) is 0 Å². The fourth-order valence-corrected chi connectivity index (χ4v) is 2.04. The monoisotopic (exact) mass is 226 g/mol. The van der Waals surface area contributed by atoms with Gasteiger partial charge >= 0.3 is 0 Å². The Balaban J connectivity index is 2.04. The van der Waals surface area contributed by atoms with Gasteiger partial charge in [0.15, 0.2) is 5.78 Å². The van der Waals surface area contributed by atoms with E-state index in [0.717, 1.165) is 16.9 Å². The first-order valence-corrected chi connectivity index (χ1v) is 5.91. The van der Waals surface area contributed by atoms with Crippen molar-refractivity contribution >= 4 is 5.78 Å². The zero-order chi connectivity index (χ0) is 11.8. The first kappa shape index (κ1) is 10.3. The van der Waals surface area contributed by atoms with Gasteiger partial charge in [0.2, 0.25) is 0 Å². The summed E-state index contributed by atoms with van der Waals surface area (Å²) >= 11 is 0. The predicted octanol–water partition coefficient (Wildman–Crippen LogP) is 2.95. The van der Waals surface area contributed by atoms with E-state index in [-0.39, 0.29) is 5.78 Å². The van der Waals surface area contributed by atoms with Crippen molar-refractivity contribution in [2.24, 2.45) is 0 Å². The molecule has 1 aromatic heterocycles. The third-order valence-electron chi connectivity index (χ3n) is 3.14. The van der Waals surface area contributed by atoms with Crippen LogP contribution in [0.2, 0.25) is 0 Å². The van der Waals surface area contributed by atoms with Crippen LogP contribution < -0.4 is 0 Å². The Kier molecular flexibility index (Phi) is 2.32. The van der Waals surface area contributed by atoms with Crippen LogP contribution >= 0.6 is 0 Å². The van der Waals surface area contributed by atoms with E-state index in [4.69, 9.17) is 0 Å². The summed E-state index contributed by atoms with van der Waals surface area (Å²) in [6, 6.07) is 9.64. The smallest absolute Gasteiger partial charge is 0.161 e. The second kappa shape index (κ2) is 3.84. The van der Waals surface area contributed by atoms with Gasteiger partial charge in [0, 0.05) is 17.7 Å². The van der Waals surface area contributed by atoms with Crippen molar-refractivity contribution < 1.29 is 4.79 Å². The summed E-state index contributed by atoms with van der Waals surface area (Å²) in [5.41, 5.74) is 2.73. The van der Waals surface area contributed by atoms with Gasteiger partial charge in [-0.1, -0.05) is 12.1 Å². The molecule has 0 radical (unpaired) electrons. The Morgan fingerprint density at radius 3 is 2.76 bits per heavy atom. The summed E-state index contributed by atoms with van der Waals surface area (Å²) in [6.45, 7) is 1.59. The van der Waals surface area contributed by atoms with E-state index >= 15 is 0 Å². The molecule has 0 unspecified atom stereocenters. The molecule has 2 aromatic rings. The molecule has 1 saturated carbocycles. The second-order valence-corrected chi connectivity index (χ2v) is 4.53. The first-order valence-electron chi connectivity index (χ1n) is 5.91. The molecular formula is C14H14N2O. The minimum absolute atomic E-state index is 0.0732. The molecule has 3 heteroatoms. The van der Waals surface area contributed by atoms with Crippen LogP contribution in [0.3, 0.4) is 0 Å². The fourth-order valence-electron chi connectivity index (χ4n) is 2.04. The first-order chi connectivity index (χ1) is 8.25. The lowest BCUT2D eigenvalue weighted by molar-refractivity contribution is 0.101. The molecule has 17 heavy (non-hydrogen) atoms. The zero-order valence-electron chi connectivity index (χ0n) is 9.76. The van der Waals surface area contributed by atoms with Gasteiger partial charge in [-0.05, 0) is 38.0 Å². The van der Waals surface area contributed by atoms with Gasteiger partial charge in [-0.15, -0.1) is 0 Å². The number of hydrogen-bond acceptors (Lipinski definition) is 2. The number of carbonyl (C=O) groups excluding carboxylic acids is 1. The van der Waals surface area contributed by atoms with Crippen molar-refractivity contribution in [2.45, 2.75) is 25.7 Å². The van der Waals surface area contributed by atoms with Gasteiger partial charge in [-0.2, -0.15) is 5.10 Å². The van der Waals surface area contributed by atoms with Gasteiger partial charge in [0.1, 0.15) is 0 Å². The molecule has 0 atom stereocenters. The molecule has 1 fully saturated rings. The molecule has 1 aliphatic rings. The summed E-state index contributed by atoms with van der Waals surface area (Å²) in [5, 5.41) is 4.55. The molecule has 1 aliphatic carbocycles. The lowest BCUT2D eigenvalue weighted by atomic mass is 10.1. The number of rotatable bonds is 3. The normalized spacial score (nSPS) is 14.9. The standard InChI is InChI=1S/C14H14N2O/c1-10(17)12-4-2-3-5-14(12)16-9-8-13(15-16)11-6-7-11/h2-5,8-9,11H,6-7H2,1H3. The second-order valence-electron chi connectivity index (χ2n) is 4.53. The predicted molar refractivity (Wildman–Crippen MR) is 65.5 cm³/mol. The molecule has 0 N–H and O–H groups in total. The van der Waals surface area contributed by atoms with Crippen LogP contribution in [-0.2, 0) is 0 Å². The van der Waals surface area contributed by atoms with Crippen molar-refractivity contribution in [2.75, 3.05) is 0 Å². The Morgan fingerprint density at radius 1 is 1.29 bits per heavy atom. The van der Waals surface area contributed by atoms with E-state index in [9.17, 15) is 4.79 Å². The van der Waals surface area contributed by atoms with Crippen molar-refractivity contribution in [1.29, 1.82) is 0 Å². The Hall–Kier alpha value is -1.90. The van der Waals surface area contributed by atoms with Crippen LogP contribution in [0.15, 0.2) is 36.5 Å². The van der Waals surface area contributed by atoms with Gasteiger partial charge in [-0.25, -0.2) is 4.68 Å². The lowest BCUT2D eigenvalue weighted by Crippen LogP contribution is -2.04. The Labute approximate surface area is 100 Å². The SMILES string of the molecule is CC(=O)c1ccccc1-n1ccc(C2CC2)n1. The molecule has 3 rings (SSSR count). The minimum Gasteiger partial charge on any atom is -0.294 e. The molecule has 86 valence electrons. The highest BCUT2D eigenvalue weighted by atomic mass is 16.1. The number of nitrogens with zero attached hydrogens (tertiary/aromatic N) is 2. The summed E-state index contributed by atoms with van der Waals surface area (Å²) in [6.07, 6.45) is 4.42. The molecule has 0 amide bonds. The number of carbonyl (C=O) groups is 1. The molecule has 3 nitrogen and oxygen atoms in total. The van der Waals surface area contributed by atoms with Gasteiger partial charge in [-0.3, -0.25) is 4.79 Å². The number of ketones is 1. The van der Waals surface area contributed by atoms with Gasteiger partial charge in [0.25, 0.3) is 0 Å². The number of para-hydroxylation sites is 1. The van der Waals surface area contributed by atoms with E-state index in [1.807, 2.05) is 35.1 Å². The van der Waals surface area contributed by atoms with E-state index in [1.165, 1.54) is 12.8 Å². The van der Waals surface area contributed by atoms with Crippen LogP contribution in [0.4, 0.5) is 0 Å². The highest BCUT2D eigenvalue weighted by Gasteiger charge is 2.26. The maximum atomic E-state index is 11.6. The van der Waals surface area contributed by atoms with Crippen molar-refractivity contribution in [3.8, 4) is 5.69 Å². The number of aromatic nitrogens is 2. The number of Topliss-reactive ketones (excluding diaryl/α,β-unsaturated/α-hetero) is 1. The summed E-state index contributed by atoms with van der Waals surface area (Å²) in [5.74, 6) is 0.713. The molecular weight excluding hydrogens is 212 g/mol. The van der Waals surface area contributed by atoms with Gasteiger partial charge < -0.3 is 0 Å². The van der Waals surface area contributed by atoms with E-state index in [2.05, 4.69) is 11.2 Å². The average molecular weight is 226 g/mol. The summed E-state index contributed by atoms with van der Waals surface area (Å²) < 4.78 is 1.81. The Bertz CT molecular complexity index is 567. The van der Waals surface area contributed by atoms with Gasteiger partial charge in [0.05, 0.1) is 11.4 Å². The molecule has 0 aliphatic heterocycles. The maximum Gasteiger partial charge on any atom is 0.161 e. The lowest BCUT2D eigenvalue weighted by Gasteiger charge is -2.06. The molecule has 1 heterocycles. The Morgan fingerprint density at radius 2 is 2.06 bits per heavy atom. The third-order valence-corrected chi connectivity index (χ3v) is 3.14. The van der Waals surface area contributed by atoms with Crippen molar-refractivity contribution in [3.63, 3.8) is 0 Å². The average Bonchev–Trinajstić information content (AvgIpc) is 3.07. The number of benzene rings is 1. The molecule has 0 spiro atoms. The van der Waals surface area contributed by atoms with Crippen molar-refractivity contribution in [3.05, 3.63) is 47.8 Å². The topological polar surface area (TPSA) is 34.9 Å². The summed E-state index contributed by atoms with van der Waals surface area (Å²) in [7, 11) is 0. The highest BCUT2D eigenvalue weighted by Crippen LogP contribution is 2.39. The van der Waals surface area contributed by atoms with Crippen LogP contribution in [0, 0.1) is 0 Å². The molecule has 0 bridgehead atoms. The summed E-state index contributed by atoms with van der Waals surface area (Å²) in [4.78, 5) is 11.6. The maximum absolute atomic E-state index is 11.6. The van der Waals surface area contributed by atoms with E-state index in [1.54, 1.807) is 6.92 Å².